The number of likely N-dealkylation sites (tertiary alicyclic amines) is 1. The summed E-state index contributed by atoms with van der Waals surface area (Å²) in [5, 5.41) is 0. The van der Waals surface area contributed by atoms with Gasteiger partial charge in [-0.25, -0.2) is 0 Å². The van der Waals surface area contributed by atoms with Gasteiger partial charge < -0.3 is 15.4 Å². The highest BCUT2D eigenvalue weighted by Gasteiger charge is 2.28. The number of piperidine rings is 1. The molecule has 0 bridgehead atoms. The number of hydrogen-bond donors (Lipinski definition) is 1. The summed E-state index contributed by atoms with van der Waals surface area (Å²) in [7, 11) is 2.14. The molecule has 1 aliphatic carbocycles. The molecular formula is C12H24N2O. The van der Waals surface area contributed by atoms with Gasteiger partial charge in [-0.05, 0) is 26.3 Å². The molecule has 0 spiro atoms. The molecule has 2 atom stereocenters. The van der Waals surface area contributed by atoms with E-state index in [1.54, 1.807) is 0 Å². The third kappa shape index (κ3) is 3.16. The lowest BCUT2D eigenvalue weighted by atomic mass is 9.96. The Kier molecular flexibility index (Phi) is 4.00. The Morgan fingerprint density at radius 2 is 1.87 bits per heavy atom. The van der Waals surface area contributed by atoms with Crippen molar-refractivity contribution in [2.24, 2.45) is 5.73 Å². The van der Waals surface area contributed by atoms with E-state index in [4.69, 9.17) is 10.5 Å². The molecule has 2 N–H and O–H groups in total. The zero-order chi connectivity index (χ0) is 10.7. The third-order valence-corrected chi connectivity index (χ3v) is 3.71. The predicted octanol–water partition coefficient (Wildman–Crippen LogP) is 1.37. The van der Waals surface area contributed by atoms with Gasteiger partial charge in [-0.15, -0.1) is 0 Å². The second-order valence-corrected chi connectivity index (χ2v) is 5.15. The molecule has 88 valence electrons. The van der Waals surface area contributed by atoms with Crippen molar-refractivity contribution < 1.29 is 4.74 Å². The second kappa shape index (κ2) is 5.28. The highest BCUT2D eigenvalue weighted by Crippen LogP contribution is 2.24. The van der Waals surface area contributed by atoms with E-state index in [9.17, 15) is 0 Å². The minimum absolute atomic E-state index is 0.214. The van der Waals surface area contributed by atoms with Crippen LogP contribution in [0.1, 0.15) is 38.5 Å². The van der Waals surface area contributed by atoms with Gasteiger partial charge in [-0.2, -0.15) is 0 Å². The molecule has 0 aromatic rings. The van der Waals surface area contributed by atoms with Crippen LogP contribution in [-0.4, -0.2) is 43.3 Å². The second-order valence-electron chi connectivity index (χ2n) is 5.15. The van der Waals surface area contributed by atoms with E-state index in [1.165, 1.54) is 32.1 Å². The molecule has 3 nitrogen and oxygen atoms in total. The van der Waals surface area contributed by atoms with Gasteiger partial charge in [-0.1, -0.05) is 19.3 Å². The molecule has 1 heterocycles. The molecule has 3 heteroatoms. The van der Waals surface area contributed by atoms with Crippen molar-refractivity contribution in [1.82, 2.24) is 4.90 Å². The summed E-state index contributed by atoms with van der Waals surface area (Å²) in [5.74, 6) is 0. The van der Waals surface area contributed by atoms with Crippen molar-refractivity contribution in [3.63, 3.8) is 0 Å². The van der Waals surface area contributed by atoms with Crippen molar-refractivity contribution in [3.8, 4) is 0 Å². The number of nitrogens with zero attached hydrogens (tertiary/aromatic N) is 1. The highest BCUT2D eigenvalue weighted by atomic mass is 16.5. The molecule has 0 amide bonds. The Balaban J connectivity index is 1.77. The Hall–Kier alpha value is -0.120. The lowest BCUT2D eigenvalue weighted by molar-refractivity contribution is -0.0627. The van der Waals surface area contributed by atoms with Gasteiger partial charge in [0, 0.05) is 19.1 Å². The van der Waals surface area contributed by atoms with Crippen molar-refractivity contribution in [2.45, 2.75) is 56.8 Å². The normalized spacial score (nSPS) is 35.6. The average molecular weight is 212 g/mol. The van der Waals surface area contributed by atoms with Crippen molar-refractivity contribution in [1.29, 1.82) is 0 Å². The van der Waals surface area contributed by atoms with Crippen molar-refractivity contribution in [3.05, 3.63) is 0 Å². The fraction of sp³-hybridized carbons (Fsp3) is 1.00. The summed E-state index contributed by atoms with van der Waals surface area (Å²) in [5.41, 5.74) is 6.12. The number of rotatable bonds is 2. The number of ether oxygens (including phenoxy) is 1. The summed E-state index contributed by atoms with van der Waals surface area (Å²) < 4.78 is 6.14. The van der Waals surface area contributed by atoms with Gasteiger partial charge in [0.05, 0.1) is 12.2 Å². The third-order valence-electron chi connectivity index (χ3n) is 3.71. The molecule has 2 aliphatic rings. The summed E-state index contributed by atoms with van der Waals surface area (Å²) in [6, 6.07) is 0.214. The molecule has 2 unspecified atom stereocenters. The Morgan fingerprint density at radius 1 is 1.13 bits per heavy atom. The van der Waals surface area contributed by atoms with Gasteiger partial charge in [0.2, 0.25) is 0 Å². The summed E-state index contributed by atoms with van der Waals surface area (Å²) in [6.07, 6.45) is 8.48. The first-order valence-electron chi connectivity index (χ1n) is 6.35. The van der Waals surface area contributed by atoms with Crippen LogP contribution in [0, 0.1) is 0 Å². The van der Waals surface area contributed by atoms with Gasteiger partial charge in [0.15, 0.2) is 0 Å². The Morgan fingerprint density at radius 3 is 2.53 bits per heavy atom. The van der Waals surface area contributed by atoms with Gasteiger partial charge in [0.1, 0.15) is 0 Å². The first-order valence-corrected chi connectivity index (χ1v) is 6.35. The topological polar surface area (TPSA) is 38.5 Å². The molecule has 0 aromatic heterocycles. The van der Waals surface area contributed by atoms with Crippen LogP contribution in [0.2, 0.25) is 0 Å². The number of nitrogens with two attached hydrogens (primary N) is 1. The van der Waals surface area contributed by atoms with Crippen LogP contribution in [0.15, 0.2) is 0 Å². The number of hydrogen-bond acceptors (Lipinski definition) is 3. The minimum atomic E-state index is 0.214. The van der Waals surface area contributed by atoms with Crippen LogP contribution < -0.4 is 5.73 Å². The van der Waals surface area contributed by atoms with Crippen LogP contribution in [0.5, 0.6) is 0 Å². The molecule has 2 rings (SSSR count). The Labute approximate surface area is 93.0 Å². The predicted molar refractivity (Wildman–Crippen MR) is 61.8 cm³/mol. The summed E-state index contributed by atoms with van der Waals surface area (Å²) in [4.78, 5) is 2.30. The fourth-order valence-corrected chi connectivity index (χ4v) is 2.75. The Bertz CT molecular complexity index is 192. The zero-order valence-corrected chi connectivity index (χ0v) is 9.82. The standard InChI is InChI=1S/C12H24N2O/c1-14-8-7-12(11(13)9-14)15-10-5-3-2-4-6-10/h10-12H,2-9,13H2,1H3. The summed E-state index contributed by atoms with van der Waals surface area (Å²) >= 11 is 0. The van der Waals surface area contributed by atoms with Crippen LogP contribution in [-0.2, 0) is 4.74 Å². The van der Waals surface area contributed by atoms with Crippen LogP contribution >= 0.6 is 0 Å². The molecule has 1 saturated heterocycles. The first kappa shape index (κ1) is 11.4. The summed E-state index contributed by atoms with van der Waals surface area (Å²) in [6.45, 7) is 2.11. The maximum atomic E-state index is 6.14. The van der Waals surface area contributed by atoms with E-state index in [2.05, 4.69) is 11.9 Å². The maximum absolute atomic E-state index is 6.14. The molecular weight excluding hydrogens is 188 g/mol. The van der Waals surface area contributed by atoms with Gasteiger partial charge in [-0.3, -0.25) is 0 Å². The van der Waals surface area contributed by atoms with E-state index in [0.29, 0.717) is 12.2 Å². The van der Waals surface area contributed by atoms with Gasteiger partial charge in [0.25, 0.3) is 0 Å². The molecule has 1 aliphatic heterocycles. The molecule has 0 radical (unpaired) electrons. The quantitative estimate of drug-likeness (QED) is 0.751. The fourth-order valence-electron chi connectivity index (χ4n) is 2.75. The maximum Gasteiger partial charge on any atom is 0.0754 e. The lowest BCUT2D eigenvalue weighted by Crippen LogP contribution is -2.52. The average Bonchev–Trinajstić information content (AvgIpc) is 2.24. The minimum Gasteiger partial charge on any atom is -0.373 e. The van der Waals surface area contributed by atoms with Gasteiger partial charge >= 0.3 is 0 Å². The SMILES string of the molecule is CN1CCC(OC2CCCCC2)C(N)C1. The first-order chi connectivity index (χ1) is 7.25. The molecule has 0 aromatic carbocycles. The van der Waals surface area contributed by atoms with Crippen LogP contribution in [0.3, 0.4) is 0 Å². The van der Waals surface area contributed by atoms with E-state index >= 15 is 0 Å². The van der Waals surface area contributed by atoms with Crippen LogP contribution in [0.4, 0.5) is 0 Å². The zero-order valence-electron chi connectivity index (χ0n) is 9.82. The van der Waals surface area contributed by atoms with Crippen molar-refractivity contribution in [2.75, 3.05) is 20.1 Å². The molecule has 1 saturated carbocycles. The largest absolute Gasteiger partial charge is 0.373 e. The smallest absolute Gasteiger partial charge is 0.0754 e. The van der Waals surface area contributed by atoms with E-state index in [0.717, 1.165) is 19.5 Å². The molecule has 2 fully saturated rings. The lowest BCUT2D eigenvalue weighted by Gasteiger charge is -2.37. The molecule has 15 heavy (non-hydrogen) atoms. The van der Waals surface area contributed by atoms with E-state index < -0.39 is 0 Å². The highest BCUT2D eigenvalue weighted by molar-refractivity contribution is 4.83. The van der Waals surface area contributed by atoms with Crippen molar-refractivity contribution >= 4 is 0 Å². The number of likely N-dealkylation sites (N-methyl/N-ethyl adjacent to an activating group) is 1. The van der Waals surface area contributed by atoms with E-state index in [-0.39, 0.29) is 6.04 Å². The monoisotopic (exact) mass is 212 g/mol. The van der Waals surface area contributed by atoms with E-state index in [1.807, 2.05) is 0 Å². The van der Waals surface area contributed by atoms with Crippen LogP contribution in [0.25, 0.3) is 0 Å².